The van der Waals surface area contributed by atoms with Crippen molar-refractivity contribution in [3.63, 3.8) is 0 Å². The van der Waals surface area contributed by atoms with Crippen molar-refractivity contribution in [2.45, 2.75) is 12.3 Å². The van der Waals surface area contributed by atoms with Gasteiger partial charge in [-0.15, -0.1) is 24.8 Å². The predicted molar refractivity (Wildman–Crippen MR) is 193 cm³/mol. The zero-order valence-corrected chi connectivity index (χ0v) is 26.9. The molecule has 6 aromatic rings. The molecule has 0 radical (unpaired) electrons. The molecule has 0 saturated heterocycles. The van der Waals surface area contributed by atoms with Crippen LogP contribution in [0.2, 0.25) is 0 Å². The van der Waals surface area contributed by atoms with Crippen LogP contribution in [0.15, 0.2) is 182 Å². The Labute approximate surface area is 266 Å². The van der Waals surface area contributed by atoms with Gasteiger partial charge in [-0.25, -0.2) is 0 Å². The minimum Gasteiger partial charge on any atom is -0.147 e. The van der Waals surface area contributed by atoms with E-state index in [0.717, 1.165) is 12.3 Å². The van der Waals surface area contributed by atoms with Gasteiger partial charge in [-0.3, -0.25) is 0 Å². The second kappa shape index (κ2) is 18.3. The Morgan fingerprint density at radius 3 is 0.667 bits per heavy atom. The van der Waals surface area contributed by atoms with Crippen molar-refractivity contribution in [1.29, 1.82) is 0 Å². The topological polar surface area (TPSA) is 0 Å². The zero-order valence-electron chi connectivity index (χ0n) is 23.4. The fourth-order valence-corrected chi connectivity index (χ4v) is 9.23. The normalized spacial score (nSPS) is 10.1. The quantitative estimate of drug-likeness (QED) is 0.148. The van der Waals surface area contributed by atoms with Gasteiger partial charge in [0.25, 0.3) is 0 Å². The van der Waals surface area contributed by atoms with Gasteiger partial charge in [0.1, 0.15) is 0 Å². The van der Waals surface area contributed by atoms with E-state index in [1.165, 1.54) is 32.3 Å². The van der Waals surface area contributed by atoms with E-state index in [1.54, 1.807) is 0 Å². The summed E-state index contributed by atoms with van der Waals surface area (Å²) in [5, 5.41) is 5.77. The summed E-state index contributed by atoms with van der Waals surface area (Å²) in [5.74, 6) is 0. The highest BCUT2D eigenvalue weighted by Crippen LogP contribution is 2.38. The minimum absolute atomic E-state index is 0. The Morgan fingerprint density at radius 2 is 0.452 bits per heavy atom. The maximum atomic E-state index is 2.25. The van der Waals surface area contributed by atoms with E-state index in [4.69, 9.17) is 0 Å². The van der Waals surface area contributed by atoms with Gasteiger partial charge >= 0.3 is 0 Å². The standard InChI is InChI=1S/2C19H17P.2ClH/c2*1-4-10-17(11-5-1)16-20(18-12-6-2-7-13-18)19-14-8-3-9-15-19;;/h2*1-15H,16H2;2*1H. The van der Waals surface area contributed by atoms with Gasteiger partial charge in [0, 0.05) is 12.3 Å². The van der Waals surface area contributed by atoms with Crippen molar-refractivity contribution in [1.82, 2.24) is 0 Å². The Kier molecular flexibility index (Phi) is 14.5. The van der Waals surface area contributed by atoms with Crippen LogP contribution in [0.5, 0.6) is 0 Å². The van der Waals surface area contributed by atoms with Crippen LogP contribution in [0.1, 0.15) is 11.1 Å². The summed E-state index contributed by atoms with van der Waals surface area (Å²) in [6.07, 6.45) is 2.20. The van der Waals surface area contributed by atoms with E-state index in [0.29, 0.717) is 0 Å². The Morgan fingerprint density at radius 1 is 0.262 bits per heavy atom. The first-order valence-corrected chi connectivity index (χ1v) is 16.8. The van der Waals surface area contributed by atoms with Crippen molar-refractivity contribution in [3.05, 3.63) is 193 Å². The monoisotopic (exact) mass is 624 g/mol. The molecule has 0 fully saturated rings. The predicted octanol–water partition coefficient (Wildman–Crippen LogP) is 9.48. The number of hydrogen-bond donors (Lipinski definition) is 0. The average Bonchev–Trinajstić information content (AvgIpc) is 3.05. The van der Waals surface area contributed by atoms with Gasteiger partial charge in [-0.05, 0) is 48.2 Å². The molecule has 212 valence electrons. The molecule has 0 spiro atoms. The van der Waals surface area contributed by atoms with E-state index in [1.807, 2.05) is 0 Å². The molecule has 0 N–H and O–H groups in total. The Bertz CT molecular complexity index is 1320. The van der Waals surface area contributed by atoms with Crippen LogP contribution in [0.25, 0.3) is 0 Å². The van der Waals surface area contributed by atoms with Crippen LogP contribution in [0.4, 0.5) is 0 Å². The number of benzene rings is 6. The molecule has 6 aromatic carbocycles. The van der Waals surface area contributed by atoms with Crippen molar-refractivity contribution in [2.75, 3.05) is 0 Å². The molecular weight excluding hydrogens is 589 g/mol. The van der Waals surface area contributed by atoms with E-state index >= 15 is 0 Å². The molecule has 42 heavy (non-hydrogen) atoms. The molecule has 0 amide bonds. The van der Waals surface area contributed by atoms with E-state index in [9.17, 15) is 0 Å². The van der Waals surface area contributed by atoms with Crippen molar-refractivity contribution >= 4 is 61.9 Å². The average molecular weight is 626 g/mol. The summed E-state index contributed by atoms with van der Waals surface area (Å²) in [6, 6.07) is 65.0. The molecule has 0 saturated carbocycles. The number of halogens is 2. The zero-order chi connectivity index (χ0) is 27.2. The third-order valence-electron chi connectivity index (χ3n) is 6.64. The molecule has 0 heterocycles. The van der Waals surface area contributed by atoms with Crippen molar-refractivity contribution in [3.8, 4) is 0 Å². The number of hydrogen-bond acceptors (Lipinski definition) is 0. The van der Waals surface area contributed by atoms with Gasteiger partial charge in [-0.1, -0.05) is 182 Å². The van der Waals surface area contributed by atoms with Crippen LogP contribution >= 0.6 is 40.7 Å². The van der Waals surface area contributed by atoms with Gasteiger partial charge in [0.2, 0.25) is 0 Å². The highest BCUT2D eigenvalue weighted by atomic mass is 35.5. The third-order valence-corrected chi connectivity index (χ3v) is 11.7. The molecule has 0 bridgehead atoms. The van der Waals surface area contributed by atoms with E-state index in [-0.39, 0.29) is 40.7 Å². The lowest BCUT2D eigenvalue weighted by Gasteiger charge is -2.18. The fraction of sp³-hybridized carbons (Fsp3) is 0.0526. The highest BCUT2D eigenvalue weighted by Gasteiger charge is 2.14. The maximum Gasteiger partial charge on any atom is 0.000743 e. The summed E-state index contributed by atoms with van der Waals surface area (Å²) in [5.41, 5.74) is 2.82. The second-order valence-corrected chi connectivity index (χ2v) is 13.9. The van der Waals surface area contributed by atoms with E-state index < -0.39 is 0 Å². The lowest BCUT2D eigenvalue weighted by atomic mass is 10.2. The SMILES string of the molecule is Cl.Cl.c1ccc(CP(c2ccccc2)c2ccccc2)cc1.c1ccc(CP(c2ccccc2)c2ccccc2)cc1. The first-order chi connectivity index (χ1) is 19.9. The third kappa shape index (κ3) is 9.94. The van der Waals surface area contributed by atoms with Crippen molar-refractivity contribution in [2.24, 2.45) is 0 Å². The molecule has 0 aliphatic rings. The molecule has 6 rings (SSSR count). The fourth-order valence-electron chi connectivity index (χ4n) is 4.63. The Hall–Kier alpha value is -3.24. The maximum absolute atomic E-state index is 2.25. The molecule has 0 aromatic heterocycles. The molecule has 0 atom stereocenters. The smallest absolute Gasteiger partial charge is 0.000743 e. The lowest BCUT2D eigenvalue weighted by Crippen LogP contribution is -2.12. The molecule has 0 aliphatic heterocycles. The number of rotatable bonds is 8. The minimum atomic E-state index is -0.327. The van der Waals surface area contributed by atoms with Gasteiger partial charge in [0.05, 0.1) is 0 Å². The molecular formula is C38H36Cl2P2. The first kappa shape index (κ1) is 33.3. The summed E-state index contributed by atoms with van der Waals surface area (Å²) < 4.78 is 0. The summed E-state index contributed by atoms with van der Waals surface area (Å²) in [6.45, 7) is 0. The first-order valence-electron chi connectivity index (χ1n) is 13.7. The van der Waals surface area contributed by atoms with Crippen LogP contribution < -0.4 is 21.2 Å². The van der Waals surface area contributed by atoms with Gasteiger partial charge < -0.3 is 0 Å². The largest absolute Gasteiger partial charge is 0.147 e. The van der Waals surface area contributed by atoms with Crippen LogP contribution in [0.3, 0.4) is 0 Å². The van der Waals surface area contributed by atoms with Gasteiger partial charge in [0.15, 0.2) is 0 Å². The van der Waals surface area contributed by atoms with E-state index in [2.05, 4.69) is 182 Å². The van der Waals surface area contributed by atoms with Crippen LogP contribution in [-0.4, -0.2) is 0 Å². The summed E-state index contributed by atoms with van der Waals surface area (Å²) in [7, 11) is -0.654. The van der Waals surface area contributed by atoms with Crippen molar-refractivity contribution < 1.29 is 0 Å². The summed E-state index contributed by atoms with van der Waals surface area (Å²) >= 11 is 0. The second-order valence-electron chi connectivity index (χ2n) is 9.49. The Balaban J connectivity index is 0.000000220. The van der Waals surface area contributed by atoms with Gasteiger partial charge in [-0.2, -0.15) is 0 Å². The molecule has 0 unspecified atom stereocenters. The molecule has 0 aliphatic carbocycles. The highest BCUT2D eigenvalue weighted by molar-refractivity contribution is 7.72. The van der Waals surface area contributed by atoms with Crippen LogP contribution in [0, 0.1) is 0 Å². The lowest BCUT2D eigenvalue weighted by molar-refractivity contribution is 1.40. The van der Waals surface area contributed by atoms with Crippen LogP contribution in [-0.2, 0) is 12.3 Å². The molecule has 0 nitrogen and oxygen atoms in total. The molecule has 4 heteroatoms. The summed E-state index contributed by atoms with van der Waals surface area (Å²) in [4.78, 5) is 0.